The van der Waals surface area contributed by atoms with Crippen LogP contribution in [0.5, 0.6) is 0 Å². The van der Waals surface area contributed by atoms with Gasteiger partial charge in [-0.2, -0.15) is 0 Å². The smallest absolute Gasteiger partial charge is 0.387 e. The number of nitrogens with zero attached hydrogens (tertiary/aromatic N) is 4. The minimum Gasteiger partial charge on any atom is -0.387 e. The maximum atomic E-state index is 11.5. The molecular weight excluding hydrogens is 498 g/mol. The van der Waals surface area contributed by atoms with Gasteiger partial charge in [0, 0.05) is 6.54 Å². The van der Waals surface area contributed by atoms with E-state index >= 15 is 0 Å². The molecule has 2 aromatic heterocycles. The third-order valence-electron chi connectivity index (χ3n) is 5.04. The topological polar surface area (TPSA) is 245 Å². The molecule has 18 heteroatoms. The zero-order valence-corrected chi connectivity index (χ0v) is 19.7. The molecule has 3 heterocycles. The molecule has 0 aromatic carbocycles. The van der Waals surface area contributed by atoms with Gasteiger partial charge in [0.25, 0.3) is 0 Å². The van der Waals surface area contributed by atoms with Gasteiger partial charge in [-0.05, 0) is 19.4 Å². The summed E-state index contributed by atoms with van der Waals surface area (Å²) in [4.78, 5) is 49.0. The van der Waals surface area contributed by atoms with Crippen molar-refractivity contribution in [2.45, 2.75) is 50.2 Å². The van der Waals surface area contributed by atoms with Crippen LogP contribution in [0.1, 0.15) is 31.9 Å². The van der Waals surface area contributed by atoms with Gasteiger partial charge in [-0.1, -0.05) is 12.8 Å². The number of aromatic nitrogens is 4. The quantitative estimate of drug-likeness (QED) is 0.130. The molecule has 8 N–H and O–H groups in total. The molecule has 0 unspecified atom stereocenters. The Labute approximate surface area is 194 Å². The van der Waals surface area contributed by atoms with E-state index in [2.05, 4.69) is 24.8 Å². The maximum absolute atomic E-state index is 11.5. The molecule has 4 atom stereocenters. The van der Waals surface area contributed by atoms with Crippen LogP contribution in [0, 0.1) is 0 Å². The van der Waals surface area contributed by atoms with Crippen LogP contribution >= 0.6 is 15.6 Å². The van der Waals surface area contributed by atoms with Gasteiger partial charge in [0.1, 0.15) is 24.6 Å². The number of fused-ring (bicyclic) bond motifs is 1. The summed E-state index contributed by atoms with van der Waals surface area (Å²) < 4.78 is 38.5. The number of hydrogen-bond donors (Lipinski definition) is 7. The lowest BCUT2D eigenvalue weighted by Crippen LogP contribution is -2.35. The molecule has 3 rings (SSSR count). The van der Waals surface area contributed by atoms with Crippen molar-refractivity contribution in [2.24, 2.45) is 5.73 Å². The van der Waals surface area contributed by atoms with Crippen molar-refractivity contribution in [3.05, 3.63) is 12.7 Å². The predicted octanol–water partition coefficient (Wildman–Crippen LogP) is -0.397. The Morgan fingerprint density at radius 1 is 1.09 bits per heavy atom. The molecule has 1 aliphatic rings. The predicted molar refractivity (Wildman–Crippen MR) is 116 cm³/mol. The second-order valence-electron chi connectivity index (χ2n) is 7.58. The number of rotatable bonds is 13. The van der Waals surface area contributed by atoms with Crippen LogP contribution in [0.15, 0.2) is 12.7 Å². The van der Waals surface area contributed by atoms with Gasteiger partial charge in [-0.25, -0.2) is 24.1 Å². The maximum Gasteiger partial charge on any atom is 0.470 e. The molecule has 16 nitrogen and oxygen atoms in total. The zero-order valence-electron chi connectivity index (χ0n) is 18.0. The van der Waals surface area contributed by atoms with E-state index < -0.39 is 46.8 Å². The molecule has 0 bridgehead atoms. The summed E-state index contributed by atoms with van der Waals surface area (Å²) in [5, 5.41) is 13.7. The van der Waals surface area contributed by atoms with E-state index in [9.17, 15) is 24.0 Å². The molecule has 0 saturated carbocycles. The minimum absolute atomic E-state index is 0.216. The van der Waals surface area contributed by atoms with Gasteiger partial charge in [-0.3, -0.25) is 13.6 Å². The monoisotopic (exact) mass is 526 g/mol. The summed E-state index contributed by atoms with van der Waals surface area (Å²) in [6.07, 6.45) is 0.309. The highest BCUT2D eigenvalue weighted by Gasteiger charge is 2.49. The number of anilines is 1. The molecule has 2 aromatic rings. The number of ether oxygens (including phenoxy) is 1. The number of phosphoric acid groups is 2. The van der Waals surface area contributed by atoms with E-state index in [1.165, 1.54) is 17.2 Å². The molecule has 1 aliphatic heterocycles. The van der Waals surface area contributed by atoms with E-state index in [0.717, 1.165) is 25.7 Å². The molecular formula is C16H28N6O10P2. The van der Waals surface area contributed by atoms with Gasteiger partial charge < -0.3 is 40.5 Å². The van der Waals surface area contributed by atoms with E-state index in [1.54, 1.807) is 0 Å². The summed E-state index contributed by atoms with van der Waals surface area (Å²) in [5.41, 5.74) is 6.04. The highest BCUT2D eigenvalue weighted by Crippen LogP contribution is 2.46. The number of unbranched alkanes of at least 4 members (excludes halogenated alkanes) is 3. The van der Waals surface area contributed by atoms with Gasteiger partial charge >= 0.3 is 15.6 Å². The third-order valence-corrected chi connectivity index (χ3v) is 6.04. The lowest BCUT2D eigenvalue weighted by atomic mass is 10.1. The summed E-state index contributed by atoms with van der Waals surface area (Å²) in [5.74, 6) is 0.426. The first-order valence-electron chi connectivity index (χ1n) is 10.4. The summed E-state index contributed by atoms with van der Waals surface area (Å²) in [6.45, 7) is 0.504. The SMILES string of the molecule is NCCCCCCNc1ncnc2c1ncn2[C@@H]1O[C@H](COP(=O)(O)O)[C@@H](O)[C@H]1OP(=O)(O)O. The first-order chi connectivity index (χ1) is 16.0. The second kappa shape index (κ2) is 11.5. The Kier molecular flexibility index (Phi) is 9.11. The summed E-state index contributed by atoms with van der Waals surface area (Å²) in [7, 11) is -9.98. The summed E-state index contributed by atoms with van der Waals surface area (Å²) >= 11 is 0. The Hall–Kier alpha value is -1.55. The van der Waals surface area contributed by atoms with E-state index in [0.29, 0.717) is 24.4 Å². The largest absolute Gasteiger partial charge is 0.470 e. The van der Waals surface area contributed by atoms with E-state index in [1.807, 2.05) is 0 Å². The Morgan fingerprint density at radius 2 is 1.82 bits per heavy atom. The first kappa shape index (κ1) is 27.0. The molecule has 0 aliphatic carbocycles. The van der Waals surface area contributed by atoms with Crippen LogP contribution in [0.2, 0.25) is 0 Å². The van der Waals surface area contributed by atoms with Gasteiger partial charge in [0.05, 0.1) is 12.9 Å². The average Bonchev–Trinajstić information content (AvgIpc) is 3.29. The molecule has 0 spiro atoms. The molecule has 0 radical (unpaired) electrons. The Balaban J connectivity index is 1.81. The number of phosphoric ester groups is 2. The molecule has 0 amide bonds. The van der Waals surface area contributed by atoms with Gasteiger partial charge in [0.2, 0.25) is 0 Å². The van der Waals surface area contributed by atoms with Crippen molar-refractivity contribution < 1.29 is 47.6 Å². The normalized spacial score (nSPS) is 23.6. The molecule has 192 valence electrons. The fraction of sp³-hybridized carbons (Fsp3) is 0.688. The van der Waals surface area contributed by atoms with Crippen molar-refractivity contribution in [1.29, 1.82) is 0 Å². The van der Waals surface area contributed by atoms with Crippen LogP contribution in [-0.2, 0) is 22.9 Å². The Bertz CT molecular complexity index is 1040. The third kappa shape index (κ3) is 7.23. The van der Waals surface area contributed by atoms with Crippen molar-refractivity contribution in [3.8, 4) is 0 Å². The number of imidazole rings is 1. The fourth-order valence-corrected chi connectivity index (χ4v) is 4.41. The van der Waals surface area contributed by atoms with Crippen LogP contribution in [0.3, 0.4) is 0 Å². The van der Waals surface area contributed by atoms with Crippen LogP contribution in [-0.4, -0.2) is 82.2 Å². The van der Waals surface area contributed by atoms with Crippen molar-refractivity contribution in [2.75, 3.05) is 25.0 Å². The lowest BCUT2D eigenvalue weighted by molar-refractivity contribution is -0.0498. The van der Waals surface area contributed by atoms with Crippen molar-refractivity contribution in [1.82, 2.24) is 19.5 Å². The van der Waals surface area contributed by atoms with E-state index in [-0.39, 0.29) is 5.65 Å². The van der Waals surface area contributed by atoms with Crippen molar-refractivity contribution in [3.63, 3.8) is 0 Å². The van der Waals surface area contributed by atoms with Gasteiger partial charge in [-0.15, -0.1) is 0 Å². The molecule has 1 fully saturated rings. The average molecular weight is 526 g/mol. The lowest BCUT2D eigenvalue weighted by Gasteiger charge is -2.22. The highest BCUT2D eigenvalue weighted by molar-refractivity contribution is 7.46. The highest BCUT2D eigenvalue weighted by atomic mass is 31.2. The minimum atomic E-state index is -5.09. The Morgan fingerprint density at radius 3 is 2.50 bits per heavy atom. The number of nitrogens with one attached hydrogen (secondary N) is 1. The van der Waals surface area contributed by atoms with E-state index in [4.69, 9.17) is 24.8 Å². The fourth-order valence-electron chi connectivity index (χ4n) is 3.52. The number of hydrogen-bond acceptors (Lipinski definition) is 11. The molecule has 34 heavy (non-hydrogen) atoms. The second-order valence-corrected chi connectivity index (χ2v) is 10.0. The number of nitrogens with two attached hydrogens (primary N) is 1. The molecule has 1 saturated heterocycles. The zero-order chi connectivity index (χ0) is 24.9. The number of aliphatic hydroxyl groups excluding tert-OH is 1. The van der Waals surface area contributed by atoms with Crippen LogP contribution in [0.25, 0.3) is 11.2 Å². The van der Waals surface area contributed by atoms with Crippen molar-refractivity contribution >= 4 is 32.6 Å². The van der Waals surface area contributed by atoms with Crippen LogP contribution in [0.4, 0.5) is 5.82 Å². The standard InChI is InChI=1S/C16H28N6O10P2/c17-5-3-1-2-4-6-18-14-11-15(20-8-19-14)22(9-21-11)16-13(32-34(27,28)29)12(23)10(31-16)7-30-33(24,25)26/h8-10,12-13,16,23H,1-7,17H2,(H,18,19,20)(H2,24,25,26)(H2,27,28,29)/t10-,12-,13-,16-/m1/s1. The number of aliphatic hydroxyl groups is 1. The summed E-state index contributed by atoms with van der Waals surface area (Å²) in [6, 6.07) is 0. The van der Waals surface area contributed by atoms with Gasteiger partial charge in [0.15, 0.2) is 23.2 Å². The van der Waals surface area contributed by atoms with Crippen LogP contribution < -0.4 is 11.1 Å². The first-order valence-corrected chi connectivity index (χ1v) is 13.5.